The van der Waals surface area contributed by atoms with Crippen molar-refractivity contribution in [3.8, 4) is 0 Å². The van der Waals surface area contributed by atoms with Crippen molar-refractivity contribution in [3.63, 3.8) is 0 Å². The maximum Gasteiger partial charge on any atom is 1.00 e. The number of nitrogens with zero attached hydrogens (tertiary/aromatic N) is 2. The van der Waals surface area contributed by atoms with Crippen LogP contribution in [0.15, 0.2) is 10.5 Å². The fourth-order valence-corrected chi connectivity index (χ4v) is 1.43. The van der Waals surface area contributed by atoms with E-state index in [1.54, 1.807) is 12.4 Å². The number of oxime groups is 1. The summed E-state index contributed by atoms with van der Waals surface area (Å²) in [6.45, 7) is 0. The second kappa shape index (κ2) is 6.78. The summed E-state index contributed by atoms with van der Waals surface area (Å²) >= 11 is 1.27. The molecule has 0 aromatic carbocycles. The molecule has 0 fully saturated rings. The third-order valence-corrected chi connectivity index (χ3v) is 2.20. The summed E-state index contributed by atoms with van der Waals surface area (Å²) in [4.78, 5) is 18.9. The van der Waals surface area contributed by atoms with Gasteiger partial charge in [0.1, 0.15) is 12.8 Å². The Balaban J connectivity index is 0.00000196. The molecule has 1 aromatic rings. The molecule has 0 spiro atoms. The van der Waals surface area contributed by atoms with Gasteiger partial charge >= 0.3 is 29.6 Å². The molecular weight excluding hydrogens is 229 g/mol. The largest absolute Gasteiger partial charge is 1.00 e. The molecule has 0 radical (unpaired) electrons. The maximum absolute atomic E-state index is 10.6. The summed E-state index contributed by atoms with van der Waals surface area (Å²) in [5, 5.41) is 18.9. The van der Waals surface area contributed by atoms with Crippen LogP contribution >= 0.6 is 11.3 Å². The molecule has 1 aromatic heterocycles. The van der Waals surface area contributed by atoms with Crippen molar-refractivity contribution >= 4 is 28.1 Å². The van der Waals surface area contributed by atoms with Crippen molar-refractivity contribution in [3.05, 3.63) is 11.1 Å². The van der Waals surface area contributed by atoms with Crippen LogP contribution in [0.25, 0.3) is 0 Å². The average Bonchev–Trinajstić information content (AvgIpc) is 2.61. The van der Waals surface area contributed by atoms with E-state index in [0.29, 0.717) is 5.13 Å². The number of hydrogen-bond donors (Lipinski definition) is 1. The van der Waals surface area contributed by atoms with Crippen LogP contribution in [0.2, 0.25) is 0 Å². The maximum atomic E-state index is 10.6. The molecule has 0 unspecified atom stereocenters. The van der Waals surface area contributed by atoms with Crippen molar-refractivity contribution in [1.82, 2.24) is 4.98 Å². The first kappa shape index (κ1) is 14.4. The standard InChI is InChI=1S/C7H9N3O3S.Na/c1-8-7-9-4(3-14-7)5(6(11)12)10-13-2;/h3H,1-2H3,(H,8,9)(H,11,12);/q;+1/p-1. The van der Waals surface area contributed by atoms with E-state index in [-0.39, 0.29) is 41.0 Å². The summed E-state index contributed by atoms with van der Waals surface area (Å²) in [5.41, 5.74) is -0.0912. The Bertz CT molecular complexity index is 366. The third-order valence-electron chi connectivity index (χ3n) is 1.34. The van der Waals surface area contributed by atoms with Gasteiger partial charge in [-0.05, 0) is 0 Å². The van der Waals surface area contributed by atoms with E-state index in [0.717, 1.165) is 0 Å². The number of anilines is 1. The van der Waals surface area contributed by atoms with Crippen molar-refractivity contribution in [2.24, 2.45) is 5.16 Å². The molecule has 0 amide bonds. The molecule has 76 valence electrons. The van der Waals surface area contributed by atoms with Crippen LogP contribution in [0.1, 0.15) is 5.69 Å². The number of nitrogens with one attached hydrogen (secondary N) is 1. The summed E-state index contributed by atoms with van der Waals surface area (Å²) < 4.78 is 0. The summed E-state index contributed by atoms with van der Waals surface area (Å²) in [7, 11) is 2.95. The number of carboxylic acids is 1. The number of carbonyl (C=O) groups excluding carboxylic acids is 1. The molecule has 0 aliphatic carbocycles. The first-order valence-corrected chi connectivity index (χ1v) is 4.53. The molecule has 1 N–H and O–H groups in total. The van der Waals surface area contributed by atoms with Crippen molar-refractivity contribution < 1.29 is 44.3 Å². The van der Waals surface area contributed by atoms with E-state index in [1.807, 2.05) is 0 Å². The monoisotopic (exact) mass is 237 g/mol. The van der Waals surface area contributed by atoms with Gasteiger partial charge in [0.15, 0.2) is 10.8 Å². The van der Waals surface area contributed by atoms with Crippen LogP contribution < -0.4 is 40.0 Å². The van der Waals surface area contributed by atoms with Crippen molar-refractivity contribution in [2.75, 3.05) is 19.5 Å². The number of thiazole rings is 1. The Morgan fingerprint density at radius 3 is 2.80 bits per heavy atom. The van der Waals surface area contributed by atoms with Gasteiger partial charge in [0, 0.05) is 12.4 Å². The van der Waals surface area contributed by atoms with Crippen LogP contribution in [0.3, 0.4) is 0 Å². The van der Waals surface area contributed by atoms with Crippen LogP contribution in [0.5, 0.6) is 0 Å². The number of rotatable bonds is 4. The number of carbonyl (C=O) groups is 1. The molecule has 0 aliphatic rings. The molecule has 8 heteroatoms. The van der Waals surface area contributed by atoms with Crippen LogP contribution in [0.4, 0.5) is 5.13 Å². The Hall–Kier alpha value is -0.630. The molecule has 0 aliphatic heterocycles. The van der Waals surface area contributed by atoms with Gasteiger partial charge in [-0.3, -0.25) is 0 Å². The second-order valence-corrected chi connectivity index (χ2v) is 3.06. The second-order valence-electron chi connectivity index (χ2n) is 2.20. The number of aliphatic carboxylic acids is 1. The molecule has 0 saturated heterocycles. The molecule has 0 saturated carbocycles. The van der Waals surface area contributed by atoms with Crippen molar-refractivity contribution in [1.29, 1.82) is 0 Å². The van der Waals surface area contributed by atoms with Gasteiger partial charge < -0.3 is 20.1 Å². The Kier molecular flexibility index (Phi) is 6.50. The smallest absolute Gasteiger partial charge is 0.543 e. The zero-order valence-corrected chi connectivity index (χ0v) is 11.4. The third kappa shape index (κ3) is 3.78. The molecule has 1 rings (SSSR count). The van der Waals surface area contributed by atoms with Crippen LogP contribution in [0, 0.1) is 0 Å². The zero-order valence-electron chi connectivity index (χ0n) is 8.60. The predicted molar refractivity (Wildman–Crippen MR) is 50.2 cm³/mol. The first-order valence-electron chi connectivity index (χ1n) is 3.65. The minimum Gasteiger partial charge on any atom is -0.543 e. The number of aromatic nitrogens is 1. The van der Waals surface area contributed by atoms with Gasteiger partial charge in [0.25, 0.3) is 0 Å². The van der Waals surface area contributed by atoms with Gasteiger partial charge in [-0.15, -0.1) is 11.3 Å². The number of carboxylic acid groups (broad SMARTS) is 1. The van der Waals surface area contributed by atoms with E-state index >= 15 is 0 Å². The minimum absolute atomic E-state index is 0. The Morgan fingerprint density at radius 2 is 2.40 bits per heavy atom. The summed E-state index contributed by atoms with van der Waals surface area (Å²) in [6.07, 6.45) is 0. The topological polar surface area (TPSA) is 86.6 Å². The average molecular weight is 237 g/mol. The fraction of sp³-hybridized carbons (Fsp3) is 0.286. The summed E-state index contributed by atoms with van der Waals surface area (Å²) in [5.74, 6) is -1.42. The van der Waals surface area contributed by atoms with E-state index in [2.05, 4.69) is 20.3 Å². The van der Waals surface area contributed by atoms with Crippen molar-refractivity contribution in [2.45, 2.75) is 0 Å². The summed E-state index contributed by atoms with van der Waals surface area (Å²) in [6, 6.07) is 0. The molecule has 6 nitrogen and oxygen atoms in total. The van der Waals surface area contributed by atoms with Gasteiger partial charge in [0.2, 0.25) is 0 Å². The van der Waals surface area contributed by atoms with Gasteiger partial charge in [-0.2, -0.15) is 0 Å². The van der Waals surface area contributed by atoms with Gasteiger partial charge in [-0.25, -0.2) is 4.98 Å². The SMILES string of the molecule is CNc1nc(C(=NOC)C(=O)[O-])cs1.[Na+]. The van der Waals surface area contributed by atoms with E-state index in [1.165, 1.54) is 18.4 Å². The predicted octanol–water partition coefficient (Wildman–Crippen LogP) is -3.71. The molecule has 15 heavy (non-hydrogen) atoms. The van der Waals surface area contributed by atoms with Gasteiger partial charge in [-0.1, -0.05) is 5.16 Å². The molecule has 0 atom stereocenters. The first-order chi connectivity index (χ1) is 6.69. The zero-order chi connectivity index (χ0) is 10.6. The van der Waals surface area contributed by atoms with Gasteiger partial charge in [0.05, 0.1) is 5.97 Å². The van der Waals surface area contributed by atoms with Crippen LogP contribution in [-0.2, 0) is 9.63 Å². The molecule has 1 heterocycles. The minimum atomic E-state index is -1.42. The molecule has 0 bridgehead atoms. The molecular formula is C7H8N3NaO3S. The van der Waals surface area contributed by atoms with Crippen LogP contribution in [-0.4, -0.2) is 30.8 Å². The fourth-order valence-electron chi connectivity index (χ4n) is 0.777. The quantitative estimate of drug-likeness (QED) is 0.331. The van der Waals surface area contributed by atoms with E-state index < -0.39 is 5.97 Å². The Labute approximate surface area is 113 Å². The number of hydrogen-bond acceptors (Lipinski definition) is 7. The normalized spacial score (nSPS) is 10.4. The Morgan fingerprint density at radius 1 is 1.73 bits per heavy atom. The van der Waals surface area contributed by atoms with E-state index in [4.69, 9.17) is 0 Å². The van der Waals surface area contributed by atoms with E-state index in [9.17, 15) is 9.90 Å².